The first kappa shape index (κ1) is 18.9. The standard InChI is InChI=1S/C18H21NO5S/c1-11(2)8-13(17(21)23-3)19-16(20)10-24-18(22)15-9-12-6-4-5-7-14(12)25-15/h4-7,9,11,13H,8,10H2,1-3H3,(H,19,20)/t13-/m0/s1. The van der Waals surface area contributed by atoms with Crippen molar-refractivity contribution >= 4 is 39.3 Å². The minimum absolute atomic E-state index is 0.200. The molecule has 0 saturated heterocycles. The molecule has 6 nitrogen and oxygen atoms in total. The quantitative estimate of drug-likeness (QED) is 0.765. The fraction of sp³-hybridized carbons (Fsp3) is 0.389. The molecule has 1 N–H and O–H groups in total. The highest BCUT2D eigenvalue weighted by molar-refractivity contribution is 7.20. The molecule has 1 aromatic carbocycles. The van der Waals surface area contributed by atoms with Gasteiger partial charge < -0.3 is 14.8 Å². The molecule has 0 radical (unpaired) electrons. The third kappa shape index (κ3) is 5.29. The second kappa shape index (κ2) is 8.62. The molecule has 0 aliphatic carbocycles. The van der Waals surface area contributed by atoms with E-state index in [1.807, 2.05) is 38.1 Å². The van der Waals surface area contributed by atoms with Gasteiger partial charge in [-0.3, -0.25) is 4.79 Å². The number of carbonyl (C=O) groups excluding carboxylic acids is 3. The topological polar surface area (TPSA) is 81.7 Å². The monoisotopic (exact) mass is 363 g/mol. The fourth-order valence-corrected chi connectivity index (χ4v) is 3.30. The zero-order chi connectivity index (χ0) is 18.4. The second-order valence-corrected chi connectivity index (χ2v) is 7.08. The molecule has 0 saturated carbocycles. The van der Waals surface area contributed by atoms with Gasteiger partial charge in [0.2, 0.25) is 0 Å². The zero-order valence-electron chi connectivity index (χ0n) is 14.4. The van der Waals surface area contributed by atoms with E-state index in [0.717, 1.165) is 10.1 Å². The van der Waals surface area contributed by atoms with E-state index in [1.54, 1.807) is 6.07 Å². The third-order valence-corrected chi connectivity index (χ3v) is 4.59. The molecule has 1 aromatic heterocycles. The molecule has 0 unspecified atom stereocenters. The number of thiophene rings is 1. The van der Waals surface area contributed by atoms with Gasteiger partial charge >= 0.3 is 11.9 Å². The maximum absolute atomic E-state index is 12.1. The molecular weight excluding hydrogens is 342 g/mol. The predicted molar refractivity (Wildman–Crippen MR) is 95.5 cm³/mol. The number of nitrogens with one attached hydrogen (secondary N) is 1. The second-order valence-electron chi connectivity index (χ2n) is 6.00. The lowest BCUT2D eigenvalue weighted by Crippen LogP contribution is -2.44. The Bertz CT molecular complexity index is 735. The van der Waals surface area contributed by atoms with E-state index >= 15 is 0 Å². The zero-order valence-corrected chi connectivity index (χ0v) is 15.2. The number of hydrogen-bond acceptors (Lipinski definition) is 6. The number of ether oxygens (including phenoxy) is 2. The van der Waals surface area contributed by atoms with Crippen LogP contribution in [0.1, 0.15) is 29.9 Å². The summed E-state index contributed by atoms with van der Waals surface area (Å²) in [5.74, 6) is -1.41. The van der Waals surface area contributed by atoms with E-state index in [4.69, 9.17) is 4.74 Å². The average Bonchev–Trinajstić information content (AvgIpc) is 3.02. The number of fused-ring (bicyclic) bond motifs is 1. The Labute approximate surface area is 150 Å². The summed E-state index contributed by atoms with van der Waals surface area (Å²) >= 11 is 1.31. The molecule has 7 heteroatoms. The van der Waals surface area contributed by atoms with Crippen LogP contribution >= 0.6 is 11.3 Å². The first-order chi connectivity index (χ1) is 11.9. The van der Waals surface area contributed by atoms with Gasteiger partial charge in [-0.05, 0) is 29.9 Å². The highest BCUT2D eigenvalue weighted by Crippen LogP contribution is 2.25. The van der Waals surface area contributed by atoms with Crippen LogP contribution in [0.5, 0.6) is 0 Å². The van der Waals surface area contributed by atoms with E-state index in [1.165, 1.54) is 18.4 Å². The Balaban J connectivity index is 1.91. The van der Waals surface area contributed by atoms with E-state index in [9.17, 15) is 14.4 Å². The van der Waals surface area contributed by atoms with Crippen LogP contribution in [0.4, 0.5) is 0 Å². The molecular formula is C18H21NO5S. The summed E-state index contributed by atoms with van der Waals surface area (Å²) in [6.45, 7) is 3.42. The number of methoxy groups -OCH3 is 1. The number of amides is 1. The highest BCUT2D eigenvalue weighted by Gasteiger charge is 2.23. The Morgan fingerprint density at radius 1 is 1.20 bits per heavy atom. The van der Waals surface area contributed by atoms with Crippen molar-refractivity contribution in [3.8, 4) is 0 Å². The van der Waals surface area contributed by atoms with Gasteiger partial charge in [-0.2, -0.15) is 0 Å². The largest absolute Gasteiger partial charge is 0.467 e. The van der Waals surface area contributed by atoms with Crippen molar-refractivity contribution in [1.29, 1.82) is 0 Å². The minimum atomic E-state index is -0.750. The number of carbonyl (C=O) groups is 3. The Morgan fingerprint density at radius 2 is 1.92 bits per heavy atom. The van der Waals surface area contributed by atoms with Crippen LogP contribution in [-0.4, -0.2) is 37.6 Å². The lowest BCUT2D eigenvalue weighted by Gasteiger charge is -2.18. The molecule has 0 aliphatic heterocycles. The number of rotatable bonds is 7. The van der Waals surface area contributed by atoms with Gasteiger partial charge in [0.15, 0.2) is 6.61 Å². The Kier molecular flexibility index (Phi) is 6.52. The Morgan fingerprint density at radius 3 is 2.56 bits per heavy atom. The summed E-state index contributed by atoms with van der Waals surface area (Å²) in [6.07, 6.45) is 0.447. The van der Waals surface area contributed by atoms with Crippen molar-refractivity contribution < 1.29 is 23.9 Å². The van der Waals surface area contributed by atoms with E-state index in [0.29, 0.717) is 11.3 Å². The van der Waals surface area contributed by atoms with Gasteiger partial charge in [0.05, 0.1) is 7.11 Å². The lowest BCUT2D eigenvalue weighted by molar-refractivity contribution is -0.145. The summed E-state index contributed by atoms with van der Waals surface area (Å²) in [6, 6.07) is 8.58. The van der Waals surface area contributed by atoms with Crippen LogP contribution in [0.3, 0.4) is 0 Å². The van der Waals surface area contributed by atoms with E-state index in [-0.39, 0.29) is 5.92 Å². The maximum Gasteiger partial charge on any atom is 0.348 e. The van der Waals surface area contributed by atoms with Crippen molar-refractivity contribution in [3.05, 3.63) is 35.2 Å². The summed E-state index contributed by atoms with van der Waals surface area (Å²) in [5.41, 5.74) is 0. The summed E-state index contributed by atoms with van der Waals surface area (Å²) in [5, 5.41) is 3.50. The van der Waals surface area contributed by atoms with Gasteiger partial charge in [-0.1, -0.05) is 32.0 Å². The van der Waals surface area contributed by atoms with Crippen molar-refractivity contribution in [2.45, 2.75) is 26.3 Å². The molecule has 0 fully saturated rings. The third-order valence-electron chi connectivity index (χ3n) is 3.49. The number of esters is 2. The van der Waals surface area contributed by atoms with Crippen LogP contribution in [0.2, 0.25) is 0 Å². The first-order valence-electron chi connectivity index (χ1n) is 7.93. The van der Waals surface area contributed by atoms with E-state index < -0.39 is 30.5 Å². The van der Waals surface area contributed by atoms with Crippen molar-refractivity contribution in [2.24, 2.45) is 5.92 Å². The van der Waals surface area contributed by atoms with Crippen LogP contribution < -0.4 is 5.32 Å². The van der Waals surface area contributed by atoms with Gasteiger partial charge in [-0.15, -0.1) is 11.3 Å². The van der Waals surface area contributed by atoms with Crippen molar-refractivity contribution in [2.75, 3.05) is 13.7 Å². The molecule has 2 aromatic rings. The summed E-state index contributed by atoms with van der Waals surface area (Å²) in [7, 11) is 1.27. The SMILES string of the molecule is COC(=O)[C@H](CC(C)C)NC(=O)COC(=O)c1cc2ccccc2s1. The molecule has 2 rings (SSSR count). The maximum atomic E-state index is 12.1. The Hall–Kier alpha value is -2.41. The molecule has 1 heterocycles. The molecule has 0 spiro atoms. The first-order valence-corrected chi connectivity index (χ1v) is 8.75. The van der Waals surface area contributed by atoms with Crippen molar-refractivity contribution in [1.82, 2.24) is 5.32 Å². The fourth-order valence-electron chi connectivity index (χ4n) is 2.35. The molecule has 1 amide bonds. The lowest BCUT2D eigenvalue weighted by atomic mass is 10.0. The molecule has 0 aliphatic rings. The van der Waals surface area contributed by atoms with Crippen LogP contribution in [-0.2, 0) is 19.1 Å². The normalized spacial score (nSPS) is 12.0. The smallest absolute Gasteiger partial charge is 0.348 e. The highest BCUT2D eigenvalue weighted by atomic mass is 32.1. The molecule has 1 atom stereocenters. The minimum Gasteiger partial charge on any atom is -0.467 e. The molecule has 0 bridgehead atoms. The van der Waals surface area contributed by atoms with Crippen LogP contribution in [0.25, 0.3) is 10.1 Å². The summed E-state index contributed by atoms with van der Waals surface area (Å²) in [4.78, 5) is 36.2. The summed E-state index contributed by atoms with van der Waals surface area (Å²) < 4.78 is 10.7. The number of benzene rings is 1. The van der Waals surface area contributed by atoms with Gasteiger partial charge in [0.1, 0.15) is 10.9 Å². The predicted octanol–water partition coefficient (Wildman–Crippen LogP) is 2.76. The van der Waals surface area contributed by atoms with Gasteiger partial charge in [-0.25, -0.2) is 9.59 Å². The molecule has 25 heavy (non-hydrogen) atoms. The van der Waals surface area contributed by atoms with Crippen LogP contribution in [0.15, 0.2) is 30.3 Å². The molecule has 134 valence electrons. The van der Waals surface area contributed by atoms with E-state index in [2.05, 4.69) is 10.1 Å². The van der Waals surface area contributed by atoms with Crippen LogP contribution in [0, 0.1) is 5.92 Å². The van der Waals surface area contributed by atoms with Crippen molar-refractivity contribution in [3.63, 3.8) is 0 Å². The average molecular weight is 363 g/mol. The van der Waals surface area contributed by atoms with Gasteiger partial charge in [0, 0.05) is 4.70 Å². The number of hydrogen-bond donors (Lipinski definition) is 1. The van der Waals surface area contributed by atoms with Gasteiger partial charge in [0.25, 0.3) is 5.91 Å².